The minimum atomic E-state index is -1.36. The van der Waals surface area contributed by atoms with Crippen LogP contribution in [0.1, 0.15) is 5.56 Å². The average Bonchev–Trinajstić information content (AvgIpc) is 2.74. The van der Waals surface area contributed by atoms with Crippen molar-refractivity contribution in [3.63, 3.8) is 0 Å². The summed E-state index contributed by atoms with van der Waals surface area (Å²) in [7, 11) is 0. The van der Waals surface area contributed by atoms with Gasteiger partial charge in [0.05, 0.1) is 6.54 Å². The number of halogens is 1. The second kappa shape index (κ2) is 6.04. The average molecular weight is 391 g/mol. The highest BCUT2D eigenvalue weighted by Gasteiger charge is 2.45. The number of carboxylic acids is 1. The van der Waals surface area contributed by atoms with Gasteiger partial charge in [0, 0.05) is 4.47 Å². The Morgan fingerprint density at radius 3 is 2.38 bits per heavy atom. The molecule has 0 bridgehead atoms. The van der Waals surface area contributed by atoms with Gasteiger partial charge < -0.3 is 5.11 Å². The van der Waals surface area contributed by atoms with Gasteiger partial charge in [0.25, 0.3) is 0 Å². The molecule has 1 aliphatic rings. The smallest absolute Gasteiger partial charge is 0.335 e. The zero-order chi connectivity index (χ0) is 17.4. The number of carbonyl (C=O) groups is 4. The molecule has 122 valence electrons. The van der Waals surface area contributed by atoms with Crippen LogP contribution >= 0.6 is 15.9 Å². The molecule has 1 saturated heterocycles. The highest BCUT2D eigenvalue weighted by Crippen LogP contribution is 2.29. The number of carboxylic acid groups (broad SMARTS) is 1. The molecule has 1 aliphatic heterocycles. The number of urea groups is 1. The fourth-order valence-electron chi connectivity index (χ4n) is 2.59. The van der Waals surface area contributed by atoms with E-state index in [1.165, 1.54) is 0 Å². The van der Waals surface area contributed by atoms with Crippen LogP contribution in [0, 0.1) is 0 Å². The predicted molar refractivity (Wildman–Crippen MR) is 86.9 cm³/mol. The van der Waals surface area contributed by atoms with Gasteiger partial charge in [-0.25, -0.2) is 9.69 Å². The minimum absolute atomic E-state index is 0.124. The number of hydrogen-bond acceptors (Lipinski definition) is 4. The number of nitrogens with zero attached hydrogens (tertiary/aromatic N) is 2. The number of aliphatic carboxylic acids is 1. The van der Waals surface area contributed by atoms with Crippen LogP contribution < -0.4 is 0 Å². The Balaban J connectivity index is 1.98. The number of benzene rings is 2. The Hall–Kier alpha value is -2.74. The van der Waals surface area contributed by atoms with Crippen molar-refractivity contribution in [2.45, 2.75) is 6.54 Å². The van der Waals surface area contributed by atoms with Gasteiger partial charge in [0.2, 0.25) is 0 Å². The molecular formula is C16H11BrN2O5. The summed E-state index contributed by atoms with van der Waals surface area (Å²) in [6.45, 7) is -0.960. The molecule has 0 aliphatic carbocycles. The van der Waals surface area contributed by atoms with Crippen molar-refractivity contribution >= 4 is 50.5 Å². The van der Waals surface area contributed by atoms with Crippen LogP contribution in [0.25, 0.3) is 10.8 Å². The molecule has 3 rings (SSSR count). The topological polar surface area (TPSA) is 95.0 Å². The lowest BCUT2D eigenvalue weighted by Crippen LogP contribution is -2.36. The quantitative estimate of drug-likeness (QED) is 0.635. The van der Waals surface area contributed by atoms with E-state index >= 15 is 0 Å². The van der Waals surface area contributed by atoms with E-state index in [1.807, 2.05) is 30.3 Å². The standard InChI is InChI=1S/C16H11BrN2O5/c17-12-6-5-9-3-1-2-4-10(9)11(12)7-18-14(22)15(23)19(16(18)24)8-13(20)21/h1-6H,7-8H2,(H,20,21). The SMILES string of the molecule is O=C(O)CN1C(=O)C(=O)N(Cc2c(Br)ccc3ccccc23)C1=O. The summed E-state index contributed by atoms with van der Waals surface area (Å²) in [6.07, 6.45) is 0. The molecule has 0 spiro atoms. The molecule has 2 aromatic carbocycles. The lowest BCUT2D eigenvalue weighted by atomic mass is 10.0. The summed E-state index contributed by atoms with van der Waals surface area (Å²) in [6, 6.07) is 10.2. The number of fused-ring (bicyclic) bond motifs is 1. The molecule has 1 N–H and O–H groups in total. The van der Waals surface area contributed by atoms with Gasteiger partial charge in [-0.2, -0.15) is 0 Å². The van der Waals surface area contributed by atoms with Crippen molar-refractivity contribution in [3.05, 3.63) is 46.4 Å². The molecule has 7 nitrogen and oxygen atoms in total. The number of rotatable bonds is 4. The van der Waals surface area contributed by atoms with Crippen LogP contribution in [-0.4, -0.2) is 45.3 Å². The zero-order valence-electron chi connectivity index (χ0n) is 12.2. The summed E-state index contributed by atoms with van der Waals surface area (Å²) in [4.78, 5) is 48.1. The molecule has 24 heavy (non-hydrogen) atoms. The summed E-state index contributed by atoms with van der Waals surface area (Å²) in [5.41, 5.74) is 0.666. The van der Waals surface area contributed by atoms with Gasteiger partial charge >= 0.3 is 23.8 Å². The molecule has 0 radical (unpaired) electrons. The first-order valence-corrected chi connectivity index (χ1v) is 7.74. The third-order valence-corrected chi connectivity index (χ3v) is 4.47. The number of imide groups is 2. The van der Waals surface area contributed by atoms with Crippen LogP contribution in [-0.2, 0) is 20.9 Å². The molecule has 0 saturated carbocycles. The van der Waals surface area contributed by atoms with Crippen molar-refractivity contribution in [2.24, 2.45) is 0 Å². The predicted octanol–water partition coefficient (Wildman–Crippen LogP) is 1.98. The normalized spacial score (nSPS) is 14.8. The Kier molecular flexibility index (Phi) is 4.06. The number of amides is 4. The molecule has 1 heterocycles. The van der Waals surface area contributed by atoms with Crippen LogP contribution in [0.15, 0.2) is 40.9 Å². The van der Waals surface area contributed by atoms with Gasteiger partial charge in [-0.15, -0.1) is 0 Å². The Bertz CT molecular complexity index is 895. The van der Waals surface area contributed by atoms with Gasteiger partial charge in [0.15, 0.2) is 0 Å². The first-order chi connectivity index (χ1) is 11.4. The maximum absolute atomic E-state index is 12.2. The zero-order valence-corrected chi connectivity index (χ0v) is 13.8. The lowest BCUT2D eigenvalue weighted by molar-refractivity contribution is -0.146. The third-order valence-electron chi connectivity index (χ3n) is 3.73. The van der Waals surface area contributed by atoms with E-state index < -0.39 is 30.4 Å². The van der Waals surface area contributed by atoms with Gasteiger partial charge in [0.1, 0.15) is 6.54 Å². The summed E-state index contributed by atoms with van der Waals surface area (Å²) in [5.74, 6) is -3.52. The fraction of sp³-hybridized carbons (Fsp3) is 0.125. The fourth-order valence-corrected chi connectivity index (χ4v) is 3.06. The van der Waals surface area contributed by atoms with Crippen molar-refractivity contribution in [1.29, 1.82) is 0 Å². The minimum Gasteiger partial charge on any atom is -0.480 e. The summed E-state index contributed by atoms with van der Waals surface area (Å²) in [5, 5.41) is 10.5. The number of carbonyl (C=O) groups excluding carboxylic acids is 3. The Morgan fingerprint density at radius 2 is 1.67 bits per heavy atom. The van der Waals surface area contributed by atoms with Crippen molar-refractivity contribution < 1.29 is 24.3 Å². The van der Waals surface area contributed by atoms with Gasteiger partial charge in [-0.3, -0.25) is 19.3 Å². The Labute approximate surface area is 144 Å². The van der Waals surface area contributed by atoms with E-state index in [0.29, 0.717) is 14.9 Å². The van der Waals surface area contributed by atoms with E-state index in [0.717, 1.165) is 15.7 Å². The highest BCUT2D eigenvalue weighted by molar-refractivity contribution is 9.10. The van der Waals surface area contributed by atoms with E-state index in [4.69, 9.17) is 5.11 Å². The second-order valence-electron chi connectivity index (χ2n) is 5.21. The molecular weight excluding hydrogens is 380 g/mol. The molecule has 0 atom stereocenters. The molecule has 8 heteroatoms. The summed E-state index contributed by atoms with van der Waals surface area (Å²) < 4.78 is 0.686. The maximum Gasteiger partial charge on any atom is 0.335 e. The molecule has 0 aromatic heterocycles. The van der Waals surface area contributed by atoms with Crippen LogP contribution in [0.2, 0.25) is 0 Å². The van der Waals surface area contributed by atoms with Crippen LogP contribution in [0.4, 0.5) is 4.79 Å². The molecule has 0 unspecified atom stereocenters. The highest BCUT2D eigenvalue weighted by atomic mass is 79.9. The van der Waals surface area contributed by atoms with Crippen molar-refractivity contribution in [3.8, 4) is 0 Å². The molecule has 2 aromatic rings. The first kappa shape index (κ1) is 16.1. The lowest BCUT2D eigenvalue weighted by Gasteiger charge is -2.16. The molecule has 4 amide bonds. The monoisotopic (exact) mass is 390 g/mol. The van der Waals surface area contributed by atoms with Crippen molar-refractivity contribution in [2.75, 3.05) is 6.54 Å². The molecule has 1 fully saturated rings. The largest absolute Gasteiger partial charge is 0.480 e. The summed E-state index contributed by atoms with van der Waals surface area (Å²) >= 11 is 3.39. The van der Waals surface area contributed by atoms with E-state index in [2.05, 4.69) is 15.9 Å². The van der Waals surface area contributed by atoms with Crippen LogP contribution in [0.3, 0.4) is 0 Å². The van der Waals surface area contributed by atoms with Gasteiger partial charge in [-0.05, 0) is 22.4 Å². The number of hydrogen-bond donors (Lipinski definition) is 1. The Morgan fingerprint density at radius 1 is 1.00 bits per heavy atom. The first-order valence-electron chi connectivity index (χ1n) is 6.95. The van der Waals surface area contributed by atoms with Crippen molar-refractivity contribution in [1.82, 2.24) is 9.80 Å². The van der Waals surface area contributed by atoms with E-state index in [9.17, 15) is 19.2 Å². The van der Waals surface area contributed by atoms with E-state index in [-0.39, 0.29) is 6.54 Å². The second-order valence-corrected chi connectivity index (χ2v) is 6.06. The third kappa shape index (κ3) is 2.65. The maximum atomic E-state index is 12.2. The van der Waals surface area contributed by atoms with E-state index in [1.54, 1.807) is 6.07 Å². The van der Waals surface area contributed by atoms with Gasteiger partial charge in [-0.1, -0.05) is 46.3 Å². The van der Waals surface area contributed by atoms with Crippen LogP contribution in [0.5, 0.6) is 0 Å².